The molecule has 0 radical (unpaired) electrons. The molecule has 0 saturated carbocycles. The zero-order valence-electron chi connectivity index (χ0n) is 14.0. The molecule has 23 heavy (non-hydrogen) atoms. The first kappa shape index (κ1) is 16.0. The first-order chi connectivity index (χ1) is 11.0. The third-order valence-corrected chi connectivity index (χ3v) is 4.61. The van der Waals surface area contributed by atoms with E-state index < -0.39 is 0 Å². The minimum atomic E-state index is -0.250. The number of amides is 2. The second-order valence-electron chi connectivity index (χ2n) is 6.69. The minimum Gasteiger partial charge on any atom is -0.372 e. The molecule has 2 aliphatic rings. The number of anilines is 1. The SMILES string of the molecule is Cc1ccccc1N1C[C@H](C(=O)N2C[C@H](C)O[C@@H](C)C2)CC1=O. The molecule has 2 saturated heterocycles. The number of para-hydroxylation sites is 1. The molecule has 0 bridgehead atoms. The molecule has 3 atom stereocenters. The van der Waals surface area contributed by atoms with Crippen LogP contribution in [0, 0.1) is 12.8 Å². The van der Waals surface area contributed by atoms with E-state index in [2.05, 4.69) is 0 Å². The third-order valence-electron chi connectivity index (χ3n) is 4.61. The van der Waals surface area contributed by atoms with Gasteiger partial charge in [0, 0.05) is 31.7 Å². The Hall–Kier alpha value is -1.88. The summed E-state index contributed by atoms with van der Waals surface area (Å²) in [7, 11) is 0. The molecule has 5 heteroatoms. The number of hydrogen-bond donors (Lipinski definition) is 0. The quantitative estimate of drug-likeness (QED) is 0.838. The fraction of sp³-hybridized carbons (Fsp3) is 0.556. The molecule has 124 valence electrons. The van der Waals surface area contributed by atoms with Gasteiger partial charge in [-0.3, -0.25) is 9.59 Å². The third kappa shape index (κ3) is 3.24. The zero-order chi connectivity index (χ0) is 16.6. The summed E-state index contributed by atoms with van der Waals surface area (Å²) in [6.07, 6.45) is 0.396. The van der Waals surface area contributed by atoms with Crippen molar-refractivity contribution in [2.45, 2.75) is 39.4 Å². The zero-order valence-corrected chi connectivity index (χ0v) is 14.0. The van der Waals surface area contributed by atoms with Crippen LogP contribution in [0.25, 0.3) is 0 Å². The van der Waals surface area contributed by atoms with Gasteiger partial charge in [-0.25, -0.2) is 0 Å². The van der Waals surface area contributed by atoms with Gasteiger partial charge in [-0.05, 0) is 32.4 Å². The number of carbonyl (C=O) groups excluding carboxylic acids is 2. The molecular formula is C18H24N2O3. The molecule has 0 aliphatic carbocycles. The summed E-state index contributed by atoms with van der Waals surface area (Å²) >= 11 is 0. The number of nitrogens with zero attached hydrogens (tertiary/aromatic N) is 2. The van der Waals surface area contributed by atoms with Gasteiger partial charge >= 0.3 is 0 Å². The first-order valence-corrected chi connectivity index (χ1v) is 8.26. The summed E-state index contributed by atoms with van der Waals surface area (Å²) in [5.41, 5.74) is 1.97. The number of morpholine rings is 1. The number of carbonyl (C=O) groups is 2. The van der Waals surface area contributed by atoms with Crippen LogP contribution >= 0.6 is 0 Å². The van der Waals surface area contributed by atoms with Crippen LogP contribution < -0.4 is 4.90 Å². The van der Waals surface area contributed by atoms with Crippen LogP contribution in [-0.4, -0.2) is 48.6 Å². The van der Waals surface area contributed by atoms with E-state index in [1.54, 1.807) is 4.90 Å². The highest BCUT2D eigenvalue weighted by Crippen LogP contribution is 2.29. The molecule has 0 spiro atoms. The van der Waals surface area contributed by atoms with Crippen molar-refractivity contribution >= 4 is 17.5 Å². The van der Waals surface area contributed by atoms with Gasteiger partial charge in [-0.15, -0.1) is 0 Å². The van der Waals surface area contributed by atoms with Gasteiger partial charge < -0.3 is 14.5 Å². The van der Waals surface area contributed by atoms with E-state index in [-0.39, 0.29) is 29.9 Å². The van der Waals surface area contributed by atoms with Crippen LogP contribution in [0.15, 0.2) is 24.3 Å². The van der Waals surface area contributed by atoms with Crippen molar-refractivity contribution in [3.63, 3.8) is 0 Å². The predicted octanol–water partition coefficient (Wildman–Crippen LogP) is 1.98. The lowest BCUT2D eigenvalue weighted by Crippen LogP contribution is -2.50. The predicted molar refractivity (Wildman–Crippen MR) is 88.2 cm³/mol. The summed E-state index contributed by atoms with van der Waals surface area (Å²) in [5.74, 6) is -0.136. The highest BCUT2D eigenvalue weighted by atomic mass is 16.5. The van der Waals surface area contributed by atoms with Crippen molar-refractivity contribution < 1.29 is 14.3 Å². The molecule has 1 aromatic carbocycles. The largest absolute Gasteiger partial charge is 0.372 e. The van der Waals surface area contributed by atoms with Gasteiger partial charge in [-0.2, -0.15) is 0 Å². The lowest BCUT2D eigenvalue weighted by atomic mass is 10.1. The van der Waals surface area contributed by atoms with E-state index in [1.165, 1.54) is 0 Å². The molecule has 0 N–H and O–H groups in total. The topological polar surface area (TPSA) is 49.9 Å². The van der Waals surface area contributed by atoms with Gasteiger partial charge in [-0.1, -0.05) is 18.2 Å². The maximum absolute atomic E-state index is 12.8. The standard InChI is InChI=1S/C18H24N2O3/c1-12-6-4-5-7-16(12)20-11-15(8-17(20)21)18(22)19-9-13(2)23-14(3)10-19/h4-7,13-15H,8-11H2,1-3H3/t13-,14-,15+/m0/s1. The summed E-state index contributed by atoms with van der Waals surface area (Å²) < 4.78 is 5.69. The number of ether oxygens (including phenoxy) is 1. The van der Waals surface area contributed by atoms with Crippen molar-refractivity contribution in [2.75, 3.05) is 24.5 Å². The van der Waals surface area contributed by atoms with Crippen molar-refractivity contribution in [3.05, 3.63) is 29.8 Å². The maximum atomic E-state index is 12.8. The lowest BCUT2D eigenvalue weighted by molar-refractivity contribution is -0.147. The van der Waals surface area contributed by atoms with Crippen LogP contribution in [0.2, 0.25) is 0 Å². The number of aryl methyl sites for hydroxylation is 1. The monoisotopic (exact) mass is 316 g/mol. The van der Waals surface area contributed by atoms with Crippen molar-refractivity contribution in [1.82, 2.24) is 4.90 Å². The molecule has 0 unspecified atom stereocenters. The molecule has 1 aromatic rings. The second-order valence-corrected chi connectivity index (χ2v) is 6.69. The molecule has 2 aliphatic heterocycles. The van der Waals surface area contributed by atoms with Gasteiger partial charge in [0.1, 0.15) is 0 Å². The van der Waals surface area contributed by atoms with E-state index in [9.17, 15) is 9.59 Å². The number of benzene rings is 1. The van der Waals surface area contributed by atoms with Gasteiger partial charge in [0.2, 0.25) is 11.8 Å². The second kappa shape index (κ2) is 6.32. The van der Waals surface area contributed by atoms with Gasteiger partial charge in [0.05, 0.1) is 18.1 Å². The Kier molecular flexibility index (Phi) is 4.39. The van der Waals surface area contributed by atoms with E-state index >= 15 is 0 Å². The van der Waals surface area contributed by atoms with E-state index in [1.807, 2.05) is 49.9 Å². The average Bonchev–Trinajstić information content (AvgIpc) is 2.88. The fourth-order valence-electron chi connectivity index (χ4n) is 3.59. The average molecular weight is 316 g/mol. The summed E-state index contributed by atoms with van der Waals surface area (Å²) in [5, 5.41) is 0. The van der Waals surface area contributed by atoms with Crippen molar-refractivity contribution in [3.8, 4) is 0 Å². The van der Waals surface area contributed by atoms with Crippen LogP contribution in [0.5, 0.6) is 0 Å². The van der Waals surface area contributed by atoms with Crippen LogP contribution in [0.4, 0.5) is 5.69 Å². The van der Waals surface area contributed by atoms with Crippen LogP contribution in [0.3, 0.4) is 0 Å². The van der Waals surface area contributed by atoms with E-state index in [0.717, 1.165) is 11.3 Å². The number of hydrogen-bond acceptors (Lipinski definition) is 3. The normalized spacial score (nSPS) is 28.3. The van der Waals surface area contributed by atoms with Crippen molar-refractivity contribution in [1.29, 1.82) is 0 Å². The number of rotatable bonds is 2. The fourth-order valence-corrected chi connectivity index (χ4v) is 3.59. The molecule has 2 heterocycles. The van der Waals surface area contributed by atoms with E-state index in [4.69, 9.17) is 4.74 Å². The molecule has 0 aromatic heterocycles. The smallest absolute Gasteiger partial charge is 0.228 e. The Labute approximate surface area is 137 Å². The Morgan fingerprint density at radius 3 is 2.43 bits per heavy atom. The maximum Gasteiger partial charge on any atom is 0.228 e. The Bertz CT molecular complexity index is 606. The van der Waals surface area contributed by atoms with Crippen LogP contribution in [0.1, 0.15) is 25.8 Å². The lowest BCUT2D eigenvalue weighted by Gasteiger charge is -2.36. The molecule has 5 nitrogen and oxygen atoms in total. The minimum absolute atomic E-state index is 0.0343. The Balaban J connectivity index is 1.72. The highest BCUT2D eigenvalue weighted by Gasteiger charge is 2.39. The molecule has 3 rings (SSSR count). The molecule has 2 amide bonds. The summed E-state index contributed by atoms with van der Waals surface area (Å²) in [4.78, 5) is 28.8. The summed E-state index contributed by atoms with van der Waals surface area (Å²) in [6, 6.07) is 7.82. The van der Waals surface area contributed by atoms with Crippen molar-refractivity contribution in [2.24, 2.45) is 5.92 Å². The summed E-state index contributed by atoms with van der Waals surface area (Å²) in [6.45, 7) is 7.65. The molecule has 2 fully saturated rings. The molecular weight excluding hydrogens is 292 g/mol. The van der Waals surface area contributed by atoms with E-state index in [0.29, 0.717) is 26.1 Å². The van der Waals surface area contributed by atoms with Gasteiger partial charge in [0.25, 0.3) is 0 Å². The highest BCUT2D eigenvalue weighted by molar-refractivity contribution is 6.00. The van der Waals surface area contributed by atoms with Gasteiger partial charge in [0.15, 0.2) is 0 Å². The van der Waals surface area contributed by atoms with Crippen LogP contribution in [-0.2, 0) is 14.3 Å². The first-order valence-electron chi connectivity index (χ1n) is 8.26. The Morgan fingerprint density at radius 2 is 1.78 bits per heavy atom. The Morgan fingerprint density at radius 1 is 1.13 bits per heavy atom.